The Bertz CT molecular complexity index is 1380. The van der Waals surface area contributed by atoms with Crippen LogP contribution in [0.3, 0.4) is 0 Å². The van der Waals surface area contributed by atoms with E-state index in [1.165, 1.54) is 16.2 Å². The van der Waals surface area contributed by atoms with Crippen LogP contribution in [0.2, 0.25) is 5.02 Å². The van der Waals surface area contributed by atoms with Crippen LogP contribution in [0.25, 0.3) is 0 Å². The zero-order valence-corrected chi connectivity index (χ0v) is 24.3. The van der Waals surface area contributed by atoms with Crippen LogP contribution >= 0.6 is 22.9 Å². The number of aromatic nitrogens is 1. The van der Waals surface area contributed by atoms with Crippen molar-refractivity contribution in [2.75, 3.05) is 31.1 Å². The Morgan fingerprint density at radius 1 is 0.927 bits per heavy atom. The predicted octanol–water partition coefficient (Wildman–Crippen LogP) is 3.22. The van der Waals surface area contributed by atoms with Crippen molar-refractivity contribution in [3.63, 3.8) is 0 Å². The van der Waals surface area contributed by atoms with E-state index in [1.807, 2.05) is 58.8 Å². The van der Waals surface area contributed by atoms with E-state index in [0.29, 0.717) is 42.6 Å². The van der Waals surface area contributed by atoms with Crippen molar-refractivity contribution in [1.29, 1.82) is 0 Å². The molecule has 4 rings (SSSR count). The summed E-state index contributed by atoms with van der Waals surface area (Å²) >= 11 is 7.70. The van der Waals surface area contributed by atoms with Crippen LogP contribution in [0.15, 0.2) is 60.0 Å². The molecule has 3 aromatic rings. The number of halogens is 1. The molecule has 2 amide bonds. The van der Waals surface area contributed by atoms with Gasteiger partial charge in [-0.2, -0.15) is 0 Å². The first-order chi connectivity index (χ1) is 19.7. The van der Waals surface area contributed by atoms with Gasteiger partial charge in [-0.3, -0.25) is 19.2 Å². The standard InChI is InChI=1S/C29H31ClN4O6S/c1-19(35)39-26(28(37)31-17-25-32-22(18-41-25)16-21-8-4-3-5-9-21)27(40-20(2)36)29(38)34-14-12-33(13-15-34)24-11-7-6-10-23(24)30/h3-11,18,26-27H,12-17H2,1-2H3,(H,31,37)/t26-,27-/m1/s1. The van der Waals surface area contributed by atoms with E-state index in [1.54, 1.807) is 6.07 Å². The molecule has 41 heavy (non-hydrogen) atoms. The second kappa shape index (κ2) is 14.1. The van der Waals surface area contributed by atoms with Crippen LogP contribution in [0, 0.1) is 0 Å². The number of hydrogen-bond donors (Lipinski definition) is 1. The van der Waals surface area contributed by atoms with Gasteiger partial charge in [-0.25, -0.2) is 4.98 Å². The second-order valence-electron chi connectivity index (χ2n) is 9.44. The number of carbonyl (C=O) groups excluding carboxylic acids is 4. The van der Waals surface area contributed by atoms with Crippen LogP contribution in [0.4, 0.5) is 5.69 Å². The summed E-state index contributed by atoms with van der Waals surface area (Å²) in [6.07, 6.45) is -2.67. The lowest BCUT2D eigenvalue weighted by molar-refractivity contribution is -0.178. The van der Waals surface area contributed by atoms with E-state index in [9.17, 15) is 19.2 Å². The van der Waals surface area contributed by atoms with Gasteiger partial charge in [0.2, 0.25) is 12.2 Å². The molecule has 1 aliphatic heterocycles. The molecule has 0 saturated carbocycles. The molecule has 2 atom stereocenters. The number of rotatable bonds is 10. The molecular weight excluding hydrogens is 568 g/mol. The fourth-order valence-electron chi connectivity index (χ4n) is 4.49. The number of hydrogen-bond acceptors (Lipinski definition) is 9. The number of nitrogens with one attached hydrogen (secondary N) is 1. The summed E-state index contributed by atoms with van der Waals surface area (Å²) in [5.41, 5.74) is 2.81. The molecule has 0 spiro atoms. The minimum Gasteiger partial charge on any atom is -0.448 e. The molecule has 216 valence electrons. The topological polar surface area (TPSA) is 118 Å². The van der Waals surface area contributed by atoms with Crippen molar-refractivity contribution in [3.8, 4) is 0 Å². The Balaban J connectivity index is 1.42. The molecule has 12 heteroatoms. The monoisotopic (exact) mass is 598 g/mol. The molecule has 1 aromatic heterocycles. The fraction of sp³-hybridized carbons (Fsp3) is 0.345. The highest BCUT2D eigenvalue weighted by Gasteiger charge is 2.42. The average Bonchev–Trinajstić information content (AvgIpc) is 3.41. The van der Waals surface area contributed by atoms with Crippen LogP contribution in [-0.2, 0) is 41.6 Å². The maximum absolute atomic E-state index is 13.5. The Morgan fingerprint density at radius 3 is 2.22 bits per heavy atom. The van der Waals surface area contributed by atoms with Crippen molar-refractivity contribution < 1.29 is 28.7 Å². The summed E-state index contributed by atoms with van der Waals surface area (Å²) in [6.45, 7) is 3.83. The van der Waals surface area contributed by atoms with Gasteiger partial charge in [-0.05, 0) is 17.7 Å². The van der Waals surface area contributed by atoms with Crippen molar-refractivity contribution in [1.82, 2.24) is 15.2 Å². The Kier molecular flexibility index (Phi) is 10.3. The zero-order valence-electron chi connectivity index (χ0n) is 22.7. The number of benzene rings is 2. The van der Waals surface area contributed by atoms with E-state index in [0.717, 1.165) is 30.8 Å². The minimum absolute atomic E-state index is 0.0492. The number of ether oxygens (including phenoxy) is 2. The quantitative estimate of drug-likeness (QED) is 0.354. The second-order valence-corrected chi connectivity index (χ2v) is 10.8. The Labute approximate surface area is 247 Å². The highest BCUT2D eigenvalue weighted by atomic mass is 35.5. The summed E-state index contributed by atoms with van der Waals surface area (Å²) in [5.74, 6) is -2.97. The summed E-state index contributed by atoms with van der Waals surface area (Å²) in [4.78, 5) is 58.8. The van der Waals surface area contributed by atoms with E-state index < -0.39 is 36.0 Å². The maximum Gasteiger partial charge on any atom is 0.303 e. The van der Waals surface area contributed by atoms with Gasteiger partial charge in [0.15, 0.2) is 0 Å². The van der Waals surface area contributed by atoms with Gasteiger partial charge in [0.05, 0.1) is 22.9 Å². The normalized spacial score (nSPS) is 14.6. The number of esters is 2. The zero-order chi connectivity index (χ0) is 29.4. The lowest BCUT2D eigenvalue weighted by atomic mass is 10.1. The first kappa shape index (κ1) is 30.0. The molecule has 10 nitrogen and oxygen atoms in total. The average molecular weight is 599 g/mol. The lowest BCUT2D eigenvalue weighted by Crippen LogP contribution is -2.57. The van der Waals surface area contributed by atoms with E-state index >= 15 is 0 Å². The SMILES string of the molecule is CC(=O)O[C@@H](C(=O)NCc1nc(Cc2ccccc2)cs1)[C@@H](OC(C)=O)C(=O)N1CCN(c2ccccc2Cl)CC1. The van der Waals surface area contributed by atoms with Gasteiger partial charge in [-0.1, -0.05) is 54.1 Å². The number of amides is 2. The number of para-hydroxylation sites is 1. The van der Waals surface area contributed by atoms with Crippen LogP contribution in [-0.4, -0.2) is 72.0 Å². The van der Waals surface area contributed by atoms with E-state index in [4.69, 9.17) is 21.1 Å². The van der Waals surface area contributed by atoms with Crippen molar-refractivity contribution >= 4 is 52.4 Å². The minimum atomic E-state index is -1.67. The van der Waals surface area contributed by atoms with Gasteiger partial charge < -0.3 is 24.6 Å². The third-order valence-electron chi connectivity index (χ3n) is 6.39. The van der Waals surface area contributed by atoms with Gasteiger partial charge in [0, 0.05) is 51.8 Å². The number of piperazine rings is 1. The number of anilines is 1. The Morgan fingerprint density at radius 2 is 1.56 bits per heavy atom. The molecule has 1 saturated heterocycles. The molecule has 2 aromatic carbocycles. The van der Waals surface area contributed by atoms with Gasteiger partial charge in [0.25, 0.3) is 11.8 Å². The highest BCUT2D eigenvalue weighted by molar-refractivity contribution is 7.09. The summed E-state index contributed by atoms with van der Waals surface area (Å²) in [5, 5.41) is 5.82. The van der Waals surface area contributed by atoms with Gasteiger partial charge >= 0.3 is 11.9 Å². The predicted molar refractivity (Wildman–Crippen MR) is 155 cm³/mol. The van der Waals surface area contributed by atoms with Crippen LogP contribution in [0.1, 0.15) is 30.1 Å². The first-order valence-electron chi connectivity index (χ1n) is 13.1. The van der Waals surface area contributed by atoms with Crippen molar-refractivity contribution in [2.24, 2.45) is 0 Å². The molecule has 0 radical (unpaired) electrons. The molecule has 0 aliphatic carbocycles. The smallest absolute Gasteiger partial charge is 0.303 e. The number of carbonyl (C=O) groups is 4. The van der Waals surface area contributed by atoms with E-state index in [2.05, 4.69) is 10.3 Å². The third kappa shape index (κ3) is 8.27. The molecule has 1 fully saturated rings. The van der Waals surface area contributed by atoms with E-state index in [-0.39, 0.29) is 6.54 Å². The summed E-state index contributed by atoms with van der Waals surface area (Å²) < 4.78 is 10.5. The summed E-state index contributed by atoms with van der Waals surface area (Å²) in [7, 11) is 0. The molecule has 1 aliphatic rings. The van der Waals surface area contributed by atoms with Crippen molar-refractivity contribution in [3.05, 3.63) is 81.3 Å². The van der Waals surface area contributed by atoms with Gasteiger partial charge in [-0.15, -0.1) is 11.3 Å². The lowest BCUT2D eigenvalue weighted by Gasteiger charge is -2.38. The fourth-order valence-corrected chi connectivity index (χ4v) is 5.48. The Hall–Kier alpha value is -3.96. The molecule has 2 heterocycles. The molecule has 0 unspecified atom stereocenters. The summed E-state index contributed by atoms with van der Waals surface area (Å²) in [6, 6.07) is 17.3. The first-order valence-corrected chi connectivity index (χ1v) is 14.3. The molecule has 1 N–H and O–H groups in total. The van der Waals surface area contributed by atoms with Crippen LogP contribution in [0.5, 0.6) is 0 Å². The third-order valence-corrected chi connectivity index (χ3v) is 7.61. The number of nitrogens with zero attached hydrogens (tertiary/aromatic N) is 3. The molecular formula is C29H31ClN4O6S. The van der Waals surface area contributed by atoms with Crippen LogP contribution < -0.4 is 10.2 Å². The van der Waals surface area contributed by atoms with Crippen molar-refractivity contribution in [2.45, 2.75) is 39.0 Å². The largest absolute Gasteiger partial charge is 0.448 e. The highest BCUT2D eigenvalue weighted by Crippen LogP contribution is 2.26. The number of thiazole rings is 1. The van der Waals surface area contributed by atoms with Gasteiger partial charge in [0.1, 0.15) is 5.01 Å². The molecule has 0 bridgehead atoms. The maximum atomic E-state index is 13.5.